The van der Waals surface area contributed by atoms with Crippen molar-refractivity contribution in [1.82, 2.24) is 0 Å². The number of hydrogen-bond donors (Lipinski definition) is 2. The molecule has 51 heavy (non-hydrogen) atoms. The summed E-state index contributed by atoms with van der Waals surface area (Å²) in [5, 5.41) is 31.2. The Morgan fingerprint density at radius 3 is 1.12 bits per heavy atom. The number of phenols is 2. The molecule has 0 unspecified atom stereocenters. The number of aromatic hydroxyl groups is 2. The van der Waals surface area contributed by atoms with Crippen LogP contribution in [0, 0.1) is 27.7 Å². The van der Waals surface area contributed by atoms with Crippen LogP contribution in [0.25, 0.3) is 54.2 Å². The van der Waals surface area contributed by atoms with Crippen LogP contribution in [0.1, 0.15) is 33.4 Å². The topological polar surface area (TPSA) is 65.2 Å². The van der Waals surface area contributed by atoms with Crippen molar-refractivity contribution >= 4 is 66.9 Å². The number of aliphatic imine (C=N–C) groups is 2. The van der Waals surface area contributed by atoms with Crippen molar-refractivity contribution < 1.29 is 30.6 Å². The van der Waals surface area contributed by atoms with Gasteiger partial charge in [-0.3, -0.25) is 9.98 Å². The second kappa shape index (κ2) is 13.6. The number of fused-ring (bicyclic) bond motifs is 4. The summed E-state index contributed by atoms with van der Waals surface area (Å²) in [6.45, 7) is 8.50. The molecule has 4 nitrogen and oxygen atoms in total. The Morgan fingerprint density at radius 1 is 0.392 bits per heavy atom. The van der Waals surface area contributed by atoms with Gasteiger partial charge in [-0.15, -0.1) is 0 Å². The maximum Gasteiger partial charge on any atom is 0.125 e. The van der Waals surface area contributed by atoms with E-state index in [4.69, 9.17) is 9.98 Å². The molecule has 0 aliphatic rings. The van der Waals surface area contributed by atoms with E-state index in [-0.39, 0.29) is 31.9 Å². The Balaban J connectivity index is 0.00000406. The molecule has 0 atom stereocenters. The number of para-hydroxylation sites is 2. The molecule has 0 saturated heterocycles. The van der Waals surface area contributed by atoms with Crippen LogP contribution in [0.2, 0.25) is 0 Å². The molecule has 2 N–H and O–H groups in total. The summed E-state index contributed by atoms with van der Waals surface area (Å²) in [4.78, 5) is 10.0. The fourth-order valence-electron chi connectivity index (χ4n) is 7.64. The predicted octanol–water partition coefficient (Wildman–Crippen LogP) is 12.1. The van der Waals surface area contributed by atoms with E-state index >= 15 is 0 Å². The van der Waals surface area contributed by atoms with Gasteiger partial charge in [0.1, 0.15) is 11.5 Å². The quantitative estimate of drug-likeness (QED) is 0.104. The van der Waals surface area contributed by atoms with Crippen LogP contribution in [0.4, 0.5) is 11.4 Å². The van der Waals surface area contributed by atoms with Gasteiger partial charge < -0.3 is 10.2 Å². The smallest absolute Gasteiger partial charge is 0.125 e. The van der Waals surface area contributed by atoms with Crippen LogP contribution in [-0.4, -0.2) is 22.6 Å². The zero-order valence-electron chi connectivity index (χ0n) is 28.8. The average molecular weight is 755 g/mol. The molecule has 0 radical (unpaired) electrons. The fraction of sp³-hybridized carbons (Fsp3) is 0.0870. The molecule has 0 heterocycles. The molecular formula is C46H36N2O2Pd. The summed E-state index contributed by atoms with van der Waals surface area (Å²) in [6.07, 6.45) is 3.57. The Kier molecular flexibility index (Phi) is 9.04. The van der Waals surface area contributed by atoms with Gasteiger partial charge in [-0.05, 0) is 117 Å². The maximum atomic E-state index is 11.1. The van der Waals surface area contributed by atoms with Crippen molar-refractivity contribution in [3.05, 3.63) is 155 Å². The van der Waals surface area contributed by atoms with E-state index in [0.717, 1.165) is 55.2 Å². The molecule has 8 rings (SSSR count). The molecule has 0 aliphatic heterocycles. The first-order valence-corrected chi connectivity index (χ1v) is 16.9. The maximum absolute atomic E-state index is 11.1. The Bertz CT molecular complexity index is 2540. The summed E-state index contributed by atoms with van der Waals surface area (Å²) in [7, 11) is 0. The van der Waals surface area contributed by atoms with Gasteiger partial charge in [0, 0.05) is 55.1 Å². The zero-order chi connectivity index (χ0) is 34.5. The number of nitrogens with zero attached hydrogens (tertiary/aromatic N) is 2. The third-order valence-corrected chi connectivity index (χ3v) is 10.2. The summed E-state index contributed by atoms with van der Waals surface area (Å²) in [6, 6.07) is 40.3. The molecular weight excluding hydrogens is 719 g/mol. The molecule has 5 heteroatoms. The van der Waals surface area contributed by atoms with Gasteiger partial charge in [-0.2, -0.15) is 0 Å². The largest absolute Gasteiger partial charge is 0.507 e. The Labute approximate surface area is 311 Å². The van der Waals surface area contributed by atoms with Gasteiger partial charge in [0.15, 0.2) is 0 Å². The number of hydrogen-bond acceptors (Lipinski definition) is 4. The van der Waals surface area contributed by atoms with Crippen molar-refractivity contribution in [1.29, 1.82) is 0 Å². The van der Waals surface area contributed by atoms with Crippen LogP contribution < -0.4 is 0 Å². The van der Waals surface area contributed by atoms with Gasteiger partial charge in [0.25, 0.3) is 0 Å². The van der Waals surface area contributed by atoms with Gasteiger partial charge >= 0.3 is 0 Å². The minimum absolute atomic E-state index is 0. The Hall–Kier alpha value is -5.60. The van der Waals surface area contributed by atoms with Crippen LogP contribution in [0.15, 0.2) is 131 Å². The monoisotopic (exact) mass is 754 g/mol. The van der Waals surface area contributed by atoms with Gasteiger partial charge in [-0.25, -0.2) is 0 Å². The molecule has 0 bridgehead atoms. The van der Waals surface area contributed by atoms with E-state index < -0.39 is 0 Å². The van der Waals surface area contributed by atoms with E-state index in [1.807, 2.05) is 60.7 Å². The van der Waals surface area contributed by atoms with E-state index in [0.29, 0.717) is 11.1 Å². The van der Waals surface area contributed by atoms with Crippen LogP contribution >= 0.6 is 0 Å². The first-order valence-electron chi connectivity index (χ1n) is 16.9. The van der Waals surface area contributed by atoms with E-state index in [9.17, 15) is 10.2 Å². The van der Waals surface area contributed by atoms with Crippen molar-refractivity contribution in [2.45, 2.75) is 27.7 Å². The van der Waals surface area contributed by atoms with Crippen LogP contribution in [-0.2, 0) is 20.4 Å². The van der Waals surface area contributed by atoms with Gasteiger partial charge in [-0.1, -0.05) is 97.1 Å². The summed E-state index contributed by atoms with van der Waals surface area (Å²) in [5.41, 5.74) is 9.31. The number of aryl methyl sites for hydroxylation is 4. The second-order valence-corrected chi connectivity index (χ2v) is 13.0. The third-order valence-electron chi connectivity index (χ3n) is 10.2. The second-order valence-electron chi connectivity index (χ2n) is 13.0. The predicted molar refractivity (Wildman–Crippen MR) is 212 cm³/mol. The normalized spacial score (nSPS) is 11.8. The number of benzene rings is 8. The first kappa shape index (κ1) is 33.9. The molecule has 0 spiro atoms. The SMILES string of the molecule is Cc1c2ccccc2c(C)c2c(C=Nc3ccccc3-c3ccccc3N=Cc3c(O)ccc4c(C)c5ccccc5c(C)c34)c(O)ccc12.[Pd]. The van der Waals surface area contributed by atoms with Gasteiger partial charge in [0.05, 0.1) is 11.4 Å². The standard InChI is InChI=1S/C46H36N2O2.Pd/c1-27-31-13-5-7-15-33(31)29(3)45-35(27)21-23-43(49)39(45)25-47-41-19-11-9-17-37(41)38-18-10-12-20-42(38)48-26-40-44(50)24-22-36-28(2)32-14-6-8-16-34(32)30(4)46(36)40;/h5-26,49-50H,1-4H3;. The summed E-state index contributed by atoms with van der Waals surface area (Å²) in [5.74, 6) is 0.379. The molecule has 0 amide bonds. The minimum Gasteiger partial charge on any atom is -0.507 e. The average Bonchev–Trinajstić information content (AvgIpc) is 3.15. The van der Waals surface area contributed by atoms with Crippen molar-refractivity contribution in [2.24, 2.45) is 9.98 Å². The molecule has 252 valence electrons. The first-order chi connectivity index (χ1) is 24.3. The molecule has 0 aliphatic carbocycles. The van der Waals surface area contributed by atoms with E-state index in [2.05, 4.69) is 76.2 Å². The number of rotatable bonds is 5. The van der Waals surface area contributed by atoms with E-state index in [1.165, 1.54) is 32.7 Å². The summed E-state index contributed by atoms with van der Waals surface area (Å²) < 4.78 is 0. The Morgan fingerprint density at radius 2 is 0.725 bits per heavy atom. The molecule has 8 aromatic rings. The molecule has 0 fully saturated rings. The molecule has 0 saturated carbocycles. The summed E-state index contributed by atoms with van der Waals surface area (Å²) >= 11 is 0. The number of phenolic OH excluding ortho intramolecular Hbond substituents is 2. The van der Waals surface area contributed by atoms with Crippen LogP contribution in [0.3, 0.4) is 0 Å². The third kappa shape index (κ3) is 5.69. The fourth-order valence-corrected chi connectivity index (χ4v) is 7.64. The van der Waals surface area contributed by atoms with Crippen LogP contribution in [0.5, 0.6) is 11.5 Å². The van der Waals surface area contributed by atoms with E-state index in [1.54, 1.807) is 24.6 Å². The van der Waals surface area contributed by atoms with Crippen molar-refractivity contribution in [2.75, 3.05) is 0 Å². The van der Waals surface area contributed by atoms with Crippen molar-refractivity contribution in [3.8, 4) is 22.6 Å². The molecule has 8 aromatic carbocycles. The minimum atomic E-state index is 0. The van der Waals surface area contributed by atoms with Crippen molar-refractivity contribution in [3.63, 3.8) is 0 Å². The van der Waals surface area contributed by atoms with Gasteiger partial charge in [0.2, 0.25) is 0 Å². The molecule has 0 aromatic heterocycles. The zero-order valence-corrected chi connectivity index (χ0v) is 30.4.